The zero-order chi connectivity index (χ0) is 20.3. The van der Waals surface area contributed by atoms with Crippen LogP contribution in [0, 0.1) is 6.92 Å². The van der Waals surface area contributed by atoms with Gasteiger partial charge in [-0.2, -0.15) is 15.6 Å². The van der Waals surface area contributed by atoms with Crippen LogP contribution in [0.15, 0.2) is 45.3 Å². The number of nitrogens with one attached hydrogen (secondary N) is 1. The van der Waals surface area contributed by atoms with Crippen molar-refractivity contribution in [3.8, 4) is 10.6 Å². The Hall–Kier alpha value is -2.07. The van der Waals surface area contributed by atoms with E-state index in [0.717, 1.165) is 10.6 Å². The molecule has 3 aromatic rings. The maximum atomic E-state index is 12.9. The van der Waals surface area contributed by atoms with Crippen molar-refractivity contribution in [2.24, 2.45) is 0 Å². The van der Waals surface area contributed by atoms with Crippen molar-refractivity contribution in [2.75, 3.05) is 18.4 Å². The average Bonchev–Trinajstić information content (AvgIpc) is 3.35. The second-order valence-corrected chi connectivity index (χ2v) is 9.62. The van der Waals surface area contributed by atoms with Crippen LogP contribution in [0.1, 0.15) is 29.9 Å². The number of carbonyl (C=O) groups is 1. The SMILES string of the molecule is CCN(CC)S(=O)(=O)c1cc(NC(=O)c2csc(-c3ccsc3)n2)ccc1C. The third-order valence-corrected chi connectivity index (χ3v) is 8.04. The molecule has 28 heavy (non-hydrogen) atoms. The van der Waals surface area contributed by atoms with Crippen LogP contribution < -0.4 is 5.32 Å². The van der Waals surface area contributed by atoms with Gasteiger partial charge >= 0.3 is 0 Å². The van der Waals surface area contributed by atoms with Crippen LogP contribution in [0.4, 0.5) is 5.69 Å². The molecular formula is C19H21N3O3S3. The first-order chi connectivity index (χ1) is 13.4. The highest BCUT2D eigenvalue weighted by molar-refractivity contribution is 7.89. The van der Waals surface area contributed by atoms with E-state index in [1.807, 2.05) is 16.8 Å². The van der Waals surface area contributed by atoms with Crippen molar-refractivity contribution in [1.29, 1.82) is 0 Å². The molecule has 0 atom stereocenters. The van der Waals surface area contributed by atoms with Gasteiger partial charge in [-0.3, -0.25) is 4.79 Å². The van der Waals surface area contributed by atoms with Crippen molar-refractivity contribution in [3.05, 3.63) is 51.7 Å². The summed E-state index contributed by atoms with van der Waals surface area (Å²) in [5.74, 6) is -0.368. The fraction of sp³-hybridized carbons (Fsp3) is 0.263. The van der Waals surface area contributed by atoms with Gasteiger partial charge in [0.25, 0.3) is 5.91 Å². The van der Waals surface area contributed by atoms with Gasteiger partial charge in [-0.1, -0.05) is 19.9 Å². The molecule has 9 heteroatoms. The summed E-state index contributed by atoms with van der Waals surface area (Å²) in [6.07, 6.45) is 0. The number of hydrogen-bond donors (Lipinski definition) is 1. The molecule has 0 aliphatic carbocycles. The van der Waals surface area contributed by atoms with E-state index in [1.54, 1.807) is 49.6 Å². The number of carbonyl (C=O) groups excluding carboxylic acids is 1. The number of rotatable bonds is 7. The van der Waals surface area contributed by atoms with Crippen LogP contribution in [0.2, 0.25) is 0 Å². The van der Waals surface area contributed by atoms with Gasteiger partial charge in [0, 0.05) is 35.1 Å². The molecule has 6 nitrogen and oxygen atoms in total. The summed E-state index contributed by atoms with van der Waals surface area (Å²) in [4.78, 5) is 17.1. The van der Waals surface area contributed by atoms with Crippen molar-refractivity contribution >= 4 is 44.3 Å². The number of sulfonamides is 1. The normalized spacial score (nSPS) is 11.7. The van der Waals surface area contributed by atoms with E-state index >= 15 is 0 Å². The number of amides is 1. The Bertz CT molecular complexity index is 1070. The minimum atomic E-state index is -3.61. The number of aromatic nitrogens is 1. The van der Waals surface area contributed by atoms with Gasteiger partial charge in [0.2, 0.25) is 10.0 Å². The van der Waals surface area contributed by atoms with Crippen molar-refractivity contribution in [3.63, 3.8) is 0 Å². The zero-order valence-electron chi connectivity index (χ0n) is 15.8. The first-order valence-corrected chi connectivity index (χ1v) is 12.0. The van der Waals surface area contributed by atoms with Crippen LogP contribution in [0.3, 0.4) is 0 Å². The number of benzene rings is 1. The molecular weight excluding hydrogens is 414 g/mol. The molecule has 0 aliphatic rings. The van der Waals surface area contributed by atoms with Gasteiger partial charge in [-0.05, 0) is 36.1 Å². The van der Waals surface area contributed by atoms with Gasteiger partial charge in [-0.15, -0.1) is 11.3 Å². The van der Waals surface area contributed by atoms with E-state index in [-0.39, 0.29) is 10.8 Å². The summed E-state index contributed by atoms with van der Waals surface area (Å²) in [6.45, 7) is 6.12. The fourth-order valence-corrected chi connectivity index (χ4v) is 5.97. The number of hydrogen-bond acceptors (Lipinski definition) is 6. The molecule has 0 aliphatic heterocycles. The Morgan fingerprint density at radius 3 is 2.57 bits per heavy atom. The van der Waals surface area contributed by atoms with Crippen LogP contribution >= 0.6 is 22.7 Å². The summed E-state index contributed by atoms with van der Waals surface area (Å²) < 4.78 is 27.1. The number of thiophene rings is 1. The Kier molecular flexibility index (Phi) is 6.29. The molecule has 148 valence electrons. The van der Waals surface area contributed by atoms with E-state index in [4.69, 9.17) is 0 Å². The largest absolute Gasteiger partial charge is 0.321 e. The zero-order valence-corrected chi connectivity index (χ0v) is 18.2. The van der Waals surface area contributed by atoms with Crippen molar-refractivity contribution in [1.82, 2.24) is 9.29 Å². The summed E-state index contributed by atoms with van der Waals surface area (Å²) in [7, 11) is -3.61. The predicted molar refractivity (Wildman–Crippen MR) is 115 cm³/mol. The molecule has 0 bridgehead atoms. The average molecular weight is 436 g/mol. The molecule has 2 heterocycles. The molecule has 0 fully saturated rings. The molecule has 0 spiro atoms. The van der Waals surface area contributed by atoms with E-state index in [2.05, 4.69) is 10.3 Å². The highest BCUT2D eigenvalue weighted by Crippen LogP contribution is 2.27. The van der Waals surface area contributed by atoms with Crippen LogP contribution in [-0.4, -0.2) is 36.7 Å². The molecule has 1 N–H and O–H groups in total. The topological polar surface area (TPSA) is 79.4 Å². The Balaban J connectivity index is 1.84. The number of nitrogens with zero attached hydrogens (tertiary/aromatic N) is 2. The van der Waals surface area contributed by atoms with Crippen LogP contribution in [0.25, 0.3) is 10.6 Å². The predicted octanol–water partition coefficient (Wildman–Crippen LogP) is 4.46. The Morgan fingerprint density at radius 2 is 1.93 bits per heavy atom. The third kappa shape index (κ3) is 4.17. The lowest BCUT2D eigenvalue weighted by Crippen LogP contribution is -2.31. The summed E-state index contributed by atoms with van der Waals surface area (Å²) in [5.41, 5.74) is 2.35. The lowest BCUT2D eigenvalue weighted by molar-refractivity contribution is 0.102. The Labute approximate surface area is 172 Å². The maximum Gasteiger partial charge on any atom is 0.275 e. The molecule has 0 saturated heterocycles. The van der Waals surface area contributed by atoms with Gasteiger partial charge in [-0.25, -0.2) is 13.4 Å². The van der Waals surface area contributed by atoms with Crippen LogP contribution in [-0.2, 0) is 10.0 Å². The fourth-order valence-electron chi connectivity index (χ4n) is 2.75. The number of thiazole rings is 1. The molecule has 3 rings (SSSR count). The standard InChI is InChI=1S/C19H21N3O3S3/c1-4-22(5-2)28(24,25)17-10-15(7-6-13(17)3)20-18(23)16-12-27-19(21-16)14-8-9-26-11-14/h6-12H,4-5H2,1-3H3,(H,20,23). The van der Waals surface area contributed by atoms with E-state index in [1.165, 1.54) is 21.7 Å². The lowest BCUT2D eigenvalue weighted by Gasteiger charge is -2.20. The number of aryl methyl sites for hydroxylation is 1. The minimum absolute atomic E-state index is 0.200. The van der Waals surface area contributed by atoms with E-state index < -0.39 is 10.0 Å². The summed E-state index contributed by atoms with van der Waals surface area (Å²) >= 11 is 2.97. The molecule has 1 aromatic carbocycles. The minimum Gasteiger partial charge on any atom is -0.321 e. The van der Waals surface area contributed by atoms with Crippen molar-refractivity contribution in [2.45, 2.75) is 25.7 Å². The van der Waals surface area contributed by atoms with E-state index in [0.29, 0.717) is 30.0 Å². The monoisotopic (exact) mass is 435 g/mol. The molecule has 2 aromatic heterocycles. The first kappa shape index (κ1) is 20.7. The molecule has 0 radical (unpaired) electrons. The van der Waals surface area contributed by atoms with Gasteiger partial charge in [0.15, 0.2) is 0 Å². The highest BCUT2D eigenvalue weighted by atomic mass is 32.2. The third-order valence-electron chi connectivity index (χ3n) is 4.27. The second-order valence-electron chi connectivity index (χ2n) is 6.07. The summed E-state index contributed by atoms with van der Waals surface area (Å²) in [6, 6.07) is 6.85. The first-order valence-electron chi connectivity index (χ1n) is 8.77. The van der Waals surface area contributed by atoms with Gasteiger partial charge in [0.1, 0.15) is 10.7 Å². The van der Waals surface area contributed by atoms with Gasteiger partial charge in [0.05, 0.1) is 4.90 Å². The van der Waals surface area contributed by atoms with E-state index in [9.17, 15) is 13.2 Å². The highest BCUT2D eigenvalue weighted by Gasteiger charge is 2.24. The summed E-state index contributed by atoms with van der Waals surface area (Å²) in [5, 5.41) is 9.17. The lowest BCUT2D eigenvalue weighted by atomic mass is 10.2. The smallest absolute Gasteiger partial charge is 0.275 e. The maximum absolute atomic E-state index is 12.9. The quantitative estimate of drug-likeness (QED) is 0.594. The van der Waals surface area contributed by atoms with Crippen LogP contribution in [0.5, 0.6) is 0 Å². The molecule has 0 saturated carbocycles. The Morgan fingerprint density at radius 1 is 1.18 bits per heavy atom. The molecule has 0 unspecified atom stereocenters. The van der Waals surface area contributed by atoms with Gasteiger partial charge < -0.3 is 5.32 Å². The molecule has 1 amide bonds. The van der Waals surface area contributed by atoms with Crippen molar-refractivity contribution < 1.29 is 13.2 Å². The second kappa shape index (κ2) is 8.52. The number of anilines is 1.